The maximum absolute atomic E-state index is 8.90. The zero-order valence-corrected chi connectivity index (χ0v) is 12.0. The summed E-state index contributed by atoms with van der Waals surface area (Å²) in [7, 11) is 0. The van der Waals surface area contributed by atoms with Crippen LogP contribution in [0.3, 0.4) is 0 Å². The van der Waals surface area contributed by atoms with Gasteiger partial charge in [0.05, 0.1) is 5.56 Å². The Morgan fingerprint density at radius 2 is 1.95 bits per heavy atom. The molecule has 0 unspecified atom stereocenters. The van der Waals surface area contributed by atoms with E-state index in [1.807, 2.05) is 31.2 Å². The molecule has 21 heavy (non-hydrogen) atoms. The second-order valence-corrected chi connectivity index (χ2v) is 5.37. The molecule has 3 N–H and O–H groups in total. The summed E-state index contributed by atoms with van der Waals surface area (Å²) in [4.78, 5) is 0. The van der Waals surface area contributed by atoms with Gasteiger partial charge in [-0.1, -0.05) is 22.9 Å². The van der Waals surface area contributed by atoms with E-state index >= 15 is 0 Å². The van der Waals surface area contributed by atoms with Gasteiger partial charge < -0.3 is 15.7 Å². The monoisotopic (exact) mass is 282 g/mol. The third-order valence-electron chi connectivity index (χ3n) is 3.82. The van der Waals surface area contributed by atoms with Gasteiger partial charge in [-0.25, -0.2) is 0 Å². The van der Waals surface area contributed by atoms with Crippen LogP contribution < -0.4 is 10.5 Å². The molecule has 0 spiro atoms. The van der Waals surface area contributed by atoms with Crippen molar-refractivity contribution in [2.45, 2.75) is 26.2 Å². The lowest BCUT2D eigenvalue weighted by molar-refractivity contribution is 0.318. The van der Waals surface area contributed by atoms with Gasteiger partial charge in [-0.3, -0.25) is 0 Å². The summed E-state index contributed by atoms with van der Waals surface area (Å²) in [6.45, 7) is 1.95. The molecule has 0 amide bonds. The predicted molar refractivity (Wildman–Crippen MR) is 82.2 cm³/mol. The van der Waals surface area contributed by atoms with Gasteiger partial charge in [0.1, 0.15) is 11.5 Å². The molecule has 4 heteroatoms. The summed E-state index contributed by atoms with van der Waals surface area (Å²) in [5.74, 6) is 1.43. The zero-order valence-electron chi connectivity index (χ0n) is 12.0. The van der Waals surface area contributed by atoms with E-state index < -0.39 is 0 Å². The van der Waals surface area contributed by atoms with Crippen LogP contribution in [0.4, 0.5) is 0 Å². The molecule has 0 saturated heterocycles. The summed E-state index contributed by atoms with van der Waals surface area (Å²) in [6.07, 6.45) is 3.46. The van der Waals surface area contributed by atoms with Gasteiger partial charge in [0.25, 0.3) is 0 Å². The highest BCUT2D eigenvalue weighted by molar-refractivity contribution is 5.99. The Kier molecular flexibility index (Phi) is 3.52. The quantitative estimate of drug-likeness (QED) is 0.392. The number of amidine groups is 1. The maximum Gasteiger partial charge on any atom is 0.173 e. The van der Waals surface area contributed by atoms with Gasteiger partial charge in [-0.2, -0.15) is 0 Å². The number of rotatable bonds is 3. The second kappa shape index (κ2) is 5.48. The van der Waals surface area contributed by atoms with Gasteiger partial charge in [-0.05, 0) is 61.6 Å². The largest absolute Gasteiger partial charge is 0.457 e. The van der Waals surface area contributed by atoms with Crippen LogP contribution in [0.1, 0.15) is 28.7 Å². The topological polar surface area (TPSA) is 67.8 Å². The van der Waals surface area contributed by atoms with E-state index in [0.717, 1.165) is 24.2 Å². The molecule has 0 aliphatic heterocycles. The number of hydrogen-bond donors (Lipinski definition) is 2. The summed E-state index contributed by atoms with van der Waals surface area (Å²) < 4.78 is 5.94. The highest BCUT2D eigenvalue weighted by atomic mass is 16.5. The highest BCUT2D eigenvalue weighted by Gasteiger charge is 2.13. The van der Waals surface area contributed by atoms with E-state index in [-0.39, 0.29) is 5.84 Å². The van der Waals surface area contributed by atoms with E-state index in [1.54, 1.807) is 0 Å². The van der Waals surface area contributed by atoms with Crippen LogP contribution in [0, 0.1) is 6.92 Å². The van der Waals surface area contributed by atoms with Crippen molar-refractivity contribution in [2.24, 2.45) is 10.9 Å². The Hall–Kier alpha value is -2.49. The molecule has 3 rings (SSSR count). The van der Waals surface area contributed by atoms with Gasteiger partial charge in [0.2, 0.25) is 0 Å². The van der Waals surface area contributed by atoms with Crippen molar-refractivity contribution < 1.29 is 9.94 Å². The van der Waals surface area contributed by atoms with Crippen LogP contribution in [-0.2, 0) is 12.8 Å². The molecule has 108 valence electrons. The fourth-order valence-electron chi connectivity index (χ4n) is 2.73. The number of nitrogens with two attached hydrogens (primary N) is 1. The molecule has 2 aromatic rings. The van der Waals surface area contributed by atoms with Crippen molar-refractivity contribution in [3.8, 4) is 11.5 Å². The lowest BCUT2D eigenvalue weighted by atomic mass is 10.1. The van der Waals surface area contributed by atoms with Crippen molar-refractivity contribution in [3.05, 3.63) is 58.7 Å². The fraction of sp³-hybridized carbons (Fsp3) is 0.235. The van der Waals surface area contributed by atoms with Crippen molar-refractivity contribution in [1.82, 2.24) is 0 Å². The van der Waals surface area contributed by atoms with E-state index in [1.165, 1.54) is 17.5 Å². The molecule has 1 aliphatic carbocycles. The number of fused-ring (bicyclic) bond motifs is 1. The van der Waals surface area contributed by atoms with Crippen molar-refractivity contribution in [3.63, 3.8) is 0 Å². The normalized spacial score (nSPS) is 14.0. The van der Waals surface area contributed by atoms with Crippen LogP contribution in [0.2, 0.25) is 0 Å². The van der Waals surface area contributed by atoms with Crippen molar-refractivity contribution in [2.75, 3.05) is 0 Å². The lowest BCUT2D eigenvalue weighted by Gasteiger charge is -2.12. The minimum Gasteiger partial charge on any atom is -0.457 e. The molecule has 0 heterocycles. The molecule has 0 aromatic heterocycles. The van der Waals surface area contributed by atoms with E-state index in [9.17, 15) is 0 Å². The molecule has 0 radical (unpaired) electrons. The minimum atomic E-state index is 0.0508. The van der Waals surface area contributed by atoms with Gasteiger partial charge in [-0.15, -0.1) is 0 Å². The van der Waals surface area contributed by atoms with Crippen molar-refractivity contribution in [1.29, 1.82) is 0 Å². The highest BCUT2D eigenvalue weighted by Crippen LogP contribution is 2.30. The molecule has 0 fully saturated rings. The summed E-state index contributed by atoms with van der Waals surface area (Å²) in [6, 6.07) is 11.8. The fourth-order valence-corrected chi connectivity index (χ4v) is 2.73. The smallest absolute Gasteiger partial charge is 0.173 e. The van der Waals surface area contributed by atoms with E-state index in [2.05, 4.69) is 17.3 Å². The first kappa shape index (κ1) is 13.5. The Morgan fingerprint density at radius 3 is 2.76 bits per heavy atom. The van der Waals surface area contributed by atoms with E-state index in [0.29, 0.717) is 11.3 Å². The molecule has 4 nitrogen and oxygen atoms in total. The first-order valence-corrected chi connectivity index (χ1v) is 7.05. The summed E-state index contributed by atoms with van der Waals surface area (Å²) in [5.41, 5.74) is 10.1. The maximum atomic E-state index is 8.90. The lowest BCUT2D eigenvalue weighted by Crippen LogP contribution is -2.14. The first-order valence-electron chi connectivity index (χ1n) is 7.05. The average molecular weight is 282 g/mol. The molecule has 2 aromatic carbocycles. The van der Waals surface area contributed by atoms with Crippen molar-refractivity contribution >= 4 is 5.84 Å². The Bertz CT molecular complexity index is 708. The number of aryl methyl sites for hydroxylation is 3. The predicted octanol–water partition coefficient (Wildman–Crippen LogP) is 3.37. The molecule has 0 atom stereocenters. The Labute approximate surface area is 123 Å². The van der Waals surface area contributed by atoms with Crippen LogP contribution >= 0.6 is 0 Å². The van der Waals surface area contributed by atoms with Gasteiger partial charge in [0.15, 0.2) is 5.84 Å². The van der Waals surface area contributed by atoms with E-state index in [4.69, 9.17) is 15.7 Å². The van der Waals surface area contributed by atoms with Crippen LogP contribution in [0.15, 0.2) is 41.6 Å². The number of ether oxygens (including phenoxy) is 1. The number of nitrogens with zero attached hydrogens (tertiary/aromatic N) is 1. The average Bonchev–Trinajstić information content (AvgIpc) is 2.96. The SMILES string of the molecule is Cc1ccc(Oc2ccc3c(c2)CCC3)c(/C(N)=N/O)c1. The Balaban J connectivity index is 1.94. The molecule has 1 aliphatic rings. The number of benzene rings is 2. The van der Waals surface area contributed by atoms with Gasteiger partial charge >= 0.3 is 0 Å². The number of oxime groups is 1. The van der Waals surface area contributed by atoms with Crippen LogP contribution in [0.5, 0.6) is 11.5 Å². The standard InChI is InChI=1S/C17H18N2O2/c1-11-5-8-16(15(9-11)17(18)19-20)21-14-7-6-12-3-2-4-13(12)10-14/h5-10,20H,2-4H2,1H3,(H2,18,19). The van der Waals surface area contributed by atoms with Gasteiger partial charge in [0, 0.05) is 0 Å². The molecule has 0 saturated carbocycles. The number of hydrogen-bond acceptors (Lipinski definition) is 3. The van der Waals surface area contributed by atoms with Crippen LogP contribution in [-0.4, -0.2) is 11.0 Å². The molecule has 0 bridgehead atoms. The first-order chi connectivity index (χ1) is 10.2. The van der Waals surface area contributed by atoms with Crippen LogP contribution in [0.25, 0.3) is 0 Å². The summed E-state index contributed by atoms with van der Waals surface area (Å²) >= 11 is 0. The molecular weight excluding hydrogens is 264 g/mol. The Morgan fingerprint density at radius 1 is 1.14 bits per heavy atom. The molecular formula is C17H18N2O2. The third kappa shape index (κ3) is 2.70. The summed E-state index contributed by atoms with van der Waals surface area (Å²) in [5, 5.41) is 12.0. The third-order valence-corrected chi connectivity index (χ3v) is 3.82. The second-order valence-electron chi connectivity index (χ2n) is 5.37. The zero-order chi connectivity index (χ0) is 14.8. The minimum absolute atomic E-state index is 0.0508.